The molecule has 0 aliphatic rings. The zero-order valence-electron chi connectivity index (χ0n) is 14.7. The van der Waals surface area contributed by atoms with Gasteiger partial charge in [0.15, 0.2) is 0 Å². The smallest absolute Gasteiger partial charge is 0.333 e. The van der Waals surface area contributed by atoms with Crippen molar-refractivity contribution < 1.29 is 9.84 Å². The van der Waals surface area contributed by atoms with E-state index in [1.807, 2.05) is 30.3 Å². The fourth-order valence-corrected chi connectivity index (χ4v) is 2.89. The highest BCUT2D eigenvalue weighted by molar-refractivity contribution is 5.63. The minimum Gasteiger partial charge on any atom is -0.508 e. The van der Waals surface area contributed by atoms with Crippen molar-refractivity contribution in [3.05, 3.63) is 86.6 Å². The summed E-state index contributed by atoms with van der Waals surface area (Å²) >= 11 is 0. The van der Waals surface area contributed by atoms with Crippen molar-refractivity contribution in [2.75, 3.05) is 0 Å². The average molecular weight is 352 g/mol. The van der Waals surface area contributed by atoms with Gasteiger partial charge in [0.1, 0.15) is 12.5 Å². The molecule has 0 spiro atoms. The molecule has 0 radical (unpaired) electrons. The number of benzene rings is 2. The molecule has 0 atom stereocenters. The van der Waals surface area contributed by atoms with Crippen molar-refractivity contribution in [2.24, 2.45) is 7.05 Å². The molecule has 1 aromatic heterocycles. The van der Waals surface area contributed by atoms with Gasteiger partial charge < -0.3 is 9.84 Å². The zero-order valence-corrected chi connectivity index (χ0v) is 14.7. The molecule has 3 rings (SSSR count). The van der Waals surface area contributed by atoms with E-state index in [0.717, 1.165) is 10.1 Å². The second-order valence-electron chi connectivity index (χ2n) is 6.06. The molecule has 0 bridgehead atoms. The summed E-state index contributed by atoms with van der Waals surface area (Å²) in [6, 6.07) is 15.9. The van der Waals surface area contributed by atoms with Crippen molar-refractivity contribution in [3.8, 4) is 17.0 Å². The highest BCUT2D eigenvalue weighted by Crippen LogP contribution is 2.22. The van der Waals surface area contributed by atoms with Crippen LogP contribution in [0, 0.1) is 6.92 Å². The van der Waals surface area contributed by atoms with E-state index >= 15 is 0 Å². The van der Waals surface area contributed by atoms with Gasteiger partial charge in [0.2, 0.25) is 0 Å². The molecule has 2 aromatic carbocycles. The summed E-state index contributed by atoms with van der Waals surface area (Å²) in [6.07, 6.45) is 0. The maximum atomic E-state index is 12.7. The molecular weight excluding hydrogens is 332 g/mol. The normalized spacial score (nSPS) is 10.8. The maximum absolute atomic E-state index is 12.7. The second-order valence-corrected chi connectivity index (χ2v) is 6.06. The van der Waals surface area contributed by atoms with E-state index in [4.69, 9.17) is 4.74 Å². The van der Waals surface area contributed by atoms with E-state index in [-0.39, 0.29) is 18.0 Å². The molecule has 1 heterocycles. The number of phenols is 1. The van der Waals surface area contributed by atoms with Crippen LogP contribution in [0.4, 0.5) is 0 Å². The largest absolute Gasteiger partial charge is 0.508 e. The minimum atomic E-state index is -0.447. The fourth-order valence-electron chi connectivity index (χ4n) is 2.89. The summed E-state index contributed by atoms with van der Waals surface area (Å²) in [6.45, 7) is 1.88. The van der Waals surface area contributed by atoms with Crippen LogP contribution in [0.2, 0.25) is 0 Å². The molecule has 26 heavy (non-hydrogen) atoms. The predicted octanol–water partition coefficient (Wildman–Crippen LogP) is 2.40. The Hall–Kier alpha value is -3.12. The van der Waals surface area contributed by atoms with Crippen LogP contribution in [0.1, 0.15) is 11.1 Å². The third kappa shape index (κ3) is 3.45. The molecule has 0 aliphatic heterocycles. The SMILES string of the molecule is Cc1c(-c2ccc(O)cc2)n(C)c(=O)n(COCc2ccccc2)c1=O. The Labute approximate surface area is 150 Å². The van der Waals surface area contributed by atoms with E-state index in [9.17, 15) is 14.7 Å². The number of rotatable bonds is 5. The predicted molar refractivity (Wildman–Crippen MR) is 99.0 cm³/mol. The molecular formula is C20H20N2O4. The van der Waals surface area contributed by atoms with Crippen molar-refractivity contribution in [1.82, 2.24) is 9.13 Å². The molecule has 0 unspecified atom stereocenters. The number of hydrogen-bond acceptors (Lipinski definition) is 4. The van der Waals surface area contributed by atoms with Crippen molar-refractivity contribution >= 4 is 0 Å². The van der Waals surface area contributed by atoms with E-state index < -0.39 is 5.69 Å². The molecule has 6 heteroatoms. The third-order valence-electron chi connectivity index (χ3n) is 4.25. The first-order valence-electron chi connectivity index (χ1n) is 8.20. The van der Waals surface area contributed by atoms with Crippen LogP contribution in [0.5, 0.6) is 5.75 Å². The van der Waals surface area contributed by atoms with Gasteiger partial charge >= 0.3 is 5.69 Å². The van der Waals surface area contributed by atoms with Gasteiger partial charge in [-0.05, 0) is 42.3 Å². The van der Waals surface area contributed by atoms with Crippen molar-refractivity contribution in [1.29, 1.82) is 0 Å². The Morgan fingerprint density at radius 3 is 2.31 bits per heavy atom. The number of phenolic OH excluding ortho intramolecular Hbond substituents is 1. The number of aromatic nitrogens is 2. The number of ether oxygens (including phenoxy) is 1. The highest BCUT2D eigenvalue weighted by Gasteiger charge is 2.15. The standard InChI is InChI=1S/C20H20N2O4/c1-14-18(16-8-10-17(23)11-9-16)21(2)20(25)22(19(14)24)13-26-12-15-6-4-3-5-7-15/h3-11,23H,12-13H2,1-2H3. The van der Waals surface area contributed by atoms with Gasteiger partial charge in [-0.2, -0.15) is 0 Å². The Morgan fingerprint density at radius 2 is 1.65 bits per heavy atom. The van der Waals surface area contributed by atoms with Gasteiger partial charge in [-0.15, -0.1) is 0 Å². The summed E-state index contributed by atoms with van der Waals surface area (Å²) in [5, 5.41) is 9.44. The van der Waals surface area contributed by atoms with Gasteiger partial charge in [0.25, 0.3) is 5.56 Å². The molecule has 0 saturated heterocycles. The molecule has 1 N–H and O–H groups in total. The summed E-state index contributed by atoms with van der Waals surface area (Å²) in [5.41, 5.74) is 1.80. The summed E-state index contributed by atoms with van der Waals surface area (Å²) in [5.74, 6) is 0.124. The van der Waals surface area contributed by atoms with Crippen LogP contribution >= 0.6 is 0 Å². The van der Waals surface area contributed by atoms with Gasteiger partial charge in [-0.1, -0.05) is 30.3 Å². The fraction of sp³-hybridized carbons (Fsp3) is 0.200. The van der Waals surface area contributed by atoms with Crippen molar-refractivity contribution in [2.45, 2.75) is 20.3 Å². The van der Waals surface area contributed by atoms with E-state index in [2.05, 4.69) is 0 Å². The number of nitrogens with zero attached hydrogens (tertiary/aromatic N) is 2. The van der Waals surface area contributed by atoms with Crippen LogP contribution in [0.15, 0.2) is 64.2 Å². The van der Waals surface area contributed by atoms with E-state index in [0.29, 0.717) is 23.4 Å². The lowest BCUT2D eigenvalue weighted by Gasteiger charge is -2.15. The van der Waals surface area contributed by atoms with Gasteiger partial charge in [-0.25, -0.2) is 9.36 Å². The average Bonchev–Trinajstić information content (AvgIpc) is 2.65. The summed E-state index contributed by atoms with van der Waals surface area (Å²) in [4.78, 5) is 25.3. The van der Waals surface area contributed by atoms with Gasteiger partial charge in [0.05, 0.1) is 12.3 Å². The van der Waals surface area contributed by atoms with Crippen LogP contribution in [0.25, 0.3) is 11.3 Å². The van der Waals surface area contributed by atoms with Crippen LogP contribution in [-0.2, 0) is 25.1 Å². The monoisotopic (exact) mass is 352 g/mol. The second kappa shape index (κ2) is 7.41. The van der Waals surface area contributed by atoms with Gasteiger partial charge in [0, 0.05) is 12.6 Å². The summed E-state index contributed by atoms with van der Waals surface area (Å²) < 4.78 is 8.07. The molecule has 134 valence electrons. The number of aromatic hydroxyl groups is 1. The van der Waals surface area contributed by atoms with Crippen LogP contribution < -0.4 is 11.2 Å². The zero-order chi connectivity index (χ0) is 18.7. The van der Waals surface area contributed by atoms with E-state index in [1.54, 1.807) is 26.1 Å². The minimum absolute atomic E-state index is 0.114. The number of hydrogen-bond donors (Lipinski definition) is 1. The Morgan fingerprint density at radius 1 is 1.00 bits per heavy atom. The molecule has 3 aromatic rings. The molecule has 0 amide bonds. The lowest BCUT2D eigenvalue weighted by Crippen LogP contribution is -2.41. The molecule has 0 saturated carbocycles. The third-order valence-corrected chi connectivity index (χ3v) is 4.25. The van der Waals surface area contributed by atoms with Crippen molar-refractivity contribution in [3.63, 3.8) is 0 Å². The van der Waals surface area contributed by atoms with Gasteiger partial charge in [-0.3, -0.25) is 9.36 Å². The lowest BCUT2D eigenvalue weighted by atomic mass is 10.1. The highest BCUT2D eigenvalue weighted by atomic mass is 16.5. The van der Waals surface area contributed by atoms with E-state index in [1.165, 1.54) is 16.7 Å². The first kappa shape index (κ1) is 17.7. The molecule has 6 nitrogen and oxygen atoms in total. The maximum Gasteiger partial charge on any atom is 0.333 e. The van der Waals surface area contributed by atoms with Crippen LogP contribution in [-0.4, -0.2) is 14.2 Å². The quantitative estimate of drug-likeness (QED) is 0.765. The molecule has 0 aliphatic carbocycles. The Bertz CT molecular complexity index is 981. The van der Waals surface area contributed by atoms with Crippen LogP contribution in [0.3, 0.4) is 0 Å². The Balaban J connectivity index is 1.92. The topological polar surface area (TPSA) is 73.5 Å². The lowest BCUT2D eigenvalue weighted by molar-refractivity contribution is 0.0580. The first-order valence-corrected chi connectivity index (χ1v) is 8.20. The Kier molecular flexibility index (Phi) is 5.04. The first-order chi connectivity index (χ1) is 12.5. The molecule has 0 fully saturated rings. The summed E-state index contributed by atoms with van der Waals surface area (Å²) in [7, 11) is 1.62.